The van der Waals surface area contributed by atoms with Gasteiger partial charge in [-0.3, -0.25) is 4.79 Å². The van der Waals surface area contributed by atoms with Crippen molar-refractivity contribution >= 4 is 17.5 Å². The number of carbonyl (C=O) groups is 1. The second-order valence-corrected chi connectivity index (χ2v) is 7.59. The minimum Gasteiger partial charge on any atom is -0.372 e. The molecule has 2 heterocycles. The van der Waals surface area contributed by atoms with Crippen molar-refractivity contribution in [2.75, 3.05) is 19.6 Å². The lowest BCUT2D eigenvalue weighted by Gasteiger charge is -2.37. The number of ether oxygens (including phenoxy) is 1. The van der Waals surface area contributed by atoms with Gasteiger partial charge in [0, 0.05) is 19.5 Å². The van der Waals surface area contributed by atoms with E-state index >= 15 is 0 Å². The Hall–Kier alpha value is -0.430. The Morgan fingerprint density at radius 2 is 2.17 bits per heavy atom. The van der Waals surface area contributed by atoms with Gasteiger partial charge >= 0.3 is 0 Å². The molecule has 0 aromatic carbocycles. The number of carbonyl (C=O) groups excluding carboxylic acids is 1. The molecule has 24 heavy (non-hydrogen) atoms. The summed E-state index contributed by atoms with van der Waals surface area (Å²) in [6.07, 6.45) is 2.85. The van der Waals surface area contributed by atoms with Crippen LogP contribution in [0.15, 0.2) is 0 Å². The largest absolute Gasteiger partial charge is 0.372 e. The van der Waals surface area contributed by atoms with Gasteiger partial charge in [-0.05, 0) is 26.7 Å². The van der Waals surface area contributed by atoms with Crippen LogP contribution in [0.25, 0.3) is 0 Å². The van der Waals surface area contributed by atoms with Crippen molar-refractivity contribution in [2.45, 2.75) is 82.8 Å². The van der Waals surface area contributed by atoms with Crippen LogP contribution in [0.3, 0.4) is 0 Å². The topological polar surface area (TPSA) is 44.8 Å². The average molecular weight is 364 g/mol. The van der Waals surface area contributed by atoms with E-state index in [1.807, 2.05) is 18.9 Å². The van der Waals surface area contributed by atoms with Crippen molar-refractivity contribution < 1.29 is 13.9 Å². The lowest BCUT2D eigenvalue weighted by Crippen LogP contribution is -2.54. The number of rotatable bonds is 7. The first kappa shape index (κ1) is 19.9. The highest BCUT2D eigenvalue weighted by atomic mass is 35.5. The fourth-order valence-electron chi connectivity index (χ4n) is 3.43. The molecule has 0 aromatic heterocycles. The highest BCUT2D eigenvalue weighted by molar-refractivity contribution is 6.20. The van der Waals surface area contributed by atoms with Crippen molar-refractivity contribution in [3.8, 4) is 0 Å². The first-order valence-corrected chi connectivity index (χ1v) is 9.61. The maximum atomic E-state index is 14.4. The lowest BCUT2D eigenvalue weighted by molar-refractivity contribution is -0.143. The zero-order valence-electron chi connectivity index (χ0n) is 15.0. The van der Waals surface area contributed by atoms with E-state index in [4.69, 9.17) is 16.3 Å². The van der Waals surface area contributed by atoms with Gasteiger partial charge in [-0.2, -0.15) is 0 Å². The molecule has 0 bridgehead atoms. The van der Waals surface area contributed by atoms with Crippen LogP contribution in [0.5, 0.6) is 0 Å². The van der Waals surface area contributed by atoms with Crippen molar-refractivity contribution in [3.63, 3.8) is 0 Å². The highest BCUT2D eigenvalue weighted by Crippen LogP contribution is 2.24. The molecule has 0 aliphatic carbocycles. The molecule has 2 saturated heterocycles. The van der Waals surface area contributed by atoms with Gasteiger partial charge in [0.05, 0.1) is 24.3 Å². The van der Waals surface area contributed by atoms with Crippen molar-refractivity contribution in [1.29, 1.82) is 0 Å². The number of nitrogens with one attached hydrogen (secondary N) is 1. The molecule has 0 spiro atoms. The maximum absolute atomic E-state index is 14.4. The Labute approximate surface area is 149 Å². The summed E-state index contributed by atoms with van der Waals surface area (Å²) in [6.45, 7) is 7.41. The summed E-state index contributed by atoms with van der Waals surface area (Å²) in [4.78, 5) is 14.5. The maximum Gasteiger partial charge on any atom is 0.241 e. The summed E-state index contributed by atoms with van der Waals surface area (Å²) in [5.74, 6) is -0.0206. The van der Waals surface area contributed by atoms with Gasteiger partial charge in [0.2, 0.25) is 5.91 Å². The standard InChI is InChI=1S/C17H31ClFN3O2/c1-4-5-6-8-22-14(10-16(18)20-22)17(23)21-9-7-15(13(19)11-21)24-12(2)3/h12-16,20H,4-11H2,1-3H3/t13-,14?,15+,16?/m1/s1. The number of alkyl halides is 2. The molecule has 140 valence electrons. The van der Waals surface area contributed by atoms with E-state index in [2.05, 4.69) is 12.3 Å². The van der Waals surface area contributed by atoms with E-state index in [1.54, 1.807) is 4.90 Å². The van der Waals surface area contributed by atoms with E-state index in [0.717, 1.165) is 25.8 Å². The van der Waals surface area contributed by atoms with Crippen LogP contribution in [0, 0.1) is 0 Å². The molecular weight excluding hydrogens is 333 g/mol. The Bertz CT molecular complexity index is 413. The summed E-state index contributed by atoms with van der Waals surface area (Å²) in [6, 6.07) is -0.292. The van der Waals surface area contributed by atoms with Gasteiger partial charge < -0.3 is 9.64 Å². The fraction of sp³-hybridized carbons (Fsp3) is 0.941. The quantitative estimate of drug-likeness (QED) is 0.429. The first-order valence-electron chi connectivity index (χ1n) is 9.17. The summed E-state index contributed by atoms with van der Waals surface area (Å²) < 4.78 is 20.0. The Morgan fingerprint density at radius 1 is 1.42 bits per heavy atom. The van der Waals surface area contributed by atoms with Gasteiger partial charge in [-0.25, -0.2) is 14.8 Å². The highest BCUT2D eigenvalue weighted by Gasteiger charge is 2.40. The number of nitrogens with zero attached hydrogens (tertiary/aromatic N) is 2. The molecule has 5 nitrogen and oxygen atoms in total. The van der Waals surface area contributed by atoms with Gasteiger partial charge in [0.15, 0.2) is 0 Å². The average Bonchev–Trinajstić information content (AvgIpc) is 2.89. The van der Waals surface area contributed by atoms with Crippen LogP contribution in [0.1, 0.15) is 52.9 Å². The molecule has 1 N–H and O–H groups in total. The van der Waals surface area contributed by atoms with E-state index in [9.17, 15) is 9.18 Å². The van der Waals surface area contributed by atoms with Gasteiger partial charge in [0.1, 0.15) is 12.2 Å². The van der Waals surface area contributed by atoms with Crippen molar-refractivity contribution in [3.05, 3.63) is 0 Å². The minimum atomic E-state index is -1.13. The summed E-state index contributed by atoms with van der Waals surface area (Å²) in [5, 5.41) is 1.94. The van der Waals surface area contributed by atoms with E-state index in [1.165, 1.54) is 0 Å². The molecular formula is C17H31ClFN3O2. The zero-order chi connectivity index (χ0) is 17.7. The smallest absolute Gasteiger partial charge is 0.241 e. The van der Waals surface area contributed by atoms with Crippen LogP contribution in [-0.4, -0.2) is 65.4 Å². The Kier molecular flexibility index (Phi) is 7.72. The Balaban J connectivity index is 1.90. The number of halogens is 2. The van der Waals surface area contributed by atoms with Crippen LogP contribution < -0.4 is 5.43 Å². The van der Waals surface area contributed by atoms with Crippen LogP contribution >= 0.6 is 11.6 Å². The molecule has 2 unspecified atom stereocenters. The Morgan fingerprint density at radius 3 is 2.79 bits per heavy atom. The second-order valence-electron chi connectivity index (χ2n) is 7.06. The predicted molar refractivity (Wildman–Crippen MR) is 93.5 cm³/mol. The molecule has 1 amide bonds. The van der Waals surface area contributed by atoms with Crippen molar-refractivity contribution in [2.24, 2.45) is 0 Å². The van der Waals surface area contributed by atoms with Crippen LogP contribution in [0.2, 0.25) is 0 Å². The third-order valence-electron chi connectivity index (χ3n) is 4.64. The lowest BCUT2D eigenvalue weighted by atomic mass is 10.0. The molecule has 2 rings (SSSR count). The third kappa shape index (κ3) is 5.28. The number of hydrogen-bond acceptors (Lipinski definition) is 4. The fourth-order valence-corrected chi connectivity index (χ4v) is 3.72. The summed E-state index contributed by atoms with van der Waals surface area (Å²) in [5.41, 5.74) is 2.93. The molecule has 0 saturated carbocycles. The molecule has 7 heteroatoms. The number of piperidine rings is 1. The first-order chi connectivity index (χ1) is 11.4. The third-order valence-corrected chi connectivity index (χ3v) is 4.92. The number of unbranched alkanes of at least 4 members (excludes halogenated alkanes) is 2. The SMILES string of the molecule is CCCCCN1NC(Cl)CC1C(=O)N1CC[C@H](OC(C)C)[C@H](F)C1. The molecule has 0 aromatic rings. The number of likely N-dealkylation sites (tertiary alicyclic amines) is 1. The van der Waals surface area contributed by atoms with Gasteiger partial charge in [-0.15, -0.1) is 11.6 Å². The normalized spacial score (nSPS) is 31.8. The molecule has 2 aliphatic heterocycles. The molecule has 2 fully saturated rings. The van der Waals surface area contributed by atoms with E-state index in [-0.39, 0.29) is 30.1 Å². The number of amides is 1. The zero-order valence-corrected chi connectivity index (χ0v) is 15.8. The van der Waals surface area contributed by atoms with Crippen LogP contribution in [-0.2, 0) is 9.53 Å². The van der Waals surface area contributed by atoms with E-state index < -0.39 is 12.3 Å². The number of hydrogen-bond donors (Lipinski definition) is 1. The molecule has 2 aliphatic rings. The van der Waals surface area contributed by atoms with Gasteiger partial charge in [-0.1, -0.05) is 19.8 Å². The number of hydrazine groups is 1. The monoisotopic (exact) mass is 363 g/mol. The summed E-state index contributed by atoms with van der Waals surface area (Å²) >= 11 is 6.19. The van der Waals surface area contributed by atoms with Gasteiger partial charge in [0.25, 0.3) is 0 Å². The second kappa shape index (κ2) is 9.32. The van der Waals surface area contributed by atoms with E-state index in [0.29, 0.717) is 19.4 Å². The predicted octanol–water partition coefficient (Wildman–Crippen LogP) is 2.68. The van der Waals surface area contributed by atoms with Crippen LogP contribution in [0.4, 0.5) is 4.39 Å². The molecule has 0 radical (unpaired) electrons. The minimum absolute atomic E-state index is 0.000553. The van der Waals surface area contributed by atoms with Crippen molar-refractivity contribution in [1.82, 2.24) is 15.3 Å². The summed E-state index contributed by atoms with van der Waals surface area (Å²) in [7, 11) is 0. The molecule has 4 atom stereocenters.